The van der Waals surface area contributed by atoms with Crippen LogP contribution >= 0.6 is 12.4 Å². The highest BCUT2D eigenvalue weighted by molar-refractivity contribution is 5.85. The van der Waals surface area contributed by atoms with Crippen LogP contribution in [0.15, 0.2) is 18.2 Å². The molecule has 1 amide bonds. The molecule has 0 aromatic heterocycles. The Hall–Kier alpha value is -1.54. The number of carbonyl (C=O) groups is 1. The van der Waals surface area contributed by atoms with Crippen molar-refractivity contribution in [3.8, 4) is 11.5 Å². The van der Waals surface area contributed by atoms with E-state index in [1.165, 1.54) is 5.56 Å². The summed E-state index contributed by atoms with van der Waals surface area (Å²) in [7, 11) is 1.62. The van der Waals surface area contributed by atoms with Gasteiger partial charge in [-0.15, -0.1) is 12.4 Å². The Morgan fingerprint density at radius 2 is 2.00 bits per heavy atom. The van der Waals surface area contributed by atoms with Gasteiger partial charge in [0.2, 0.25) is 0 Å². The topological polar surface area (TPSA) is 77.3 Å². The Labute approximate surface area is 173 Å². The first-order valence-corrected chi connectivity index (χ1v) is 9.61. The van der Waals surface area contributed by atoms with Crippen molar-refractivity contribution in [3.63, 3.8) is 0 Å². The van der Waals surface area contributed by atoms with Gasteiger partial charge in [0.15, 0.2) is 18.1 Å². The monoisotopic (exact) mass is 413 g/mol. The van der Waals surface area contributed by atoms with Gasteiger partial charge in [0, 0.05) is 26.2 Å². The van der Waals surface area contributed by atoms with Crippen molar-refractivity contribution in [1.82, 2.24) is 9.80 Å². The van der Waals surface area contributed by atoms with Crippen LogP contribution < -0.4 is 15.2 Å². The van der Waals surface area contributed by atoms with Gasteiger partial charge in [-0.3, -0.25) is 9.69 Å². The zero-order valence-electron chi connectivity index (χ0n) is 16.8. The predicted molar refractivity (Wildman–Crippen MR) is 110 cm³/mol. The third-order valence-electron chi connectivity index (χ3n) is 5.48. The summed E-state index contributed by atoms with van der Waals surface area (Å²) in [6, 6.07) is 5.92. The van der Waals surface area contributed by atoms with Crippen LogP contribution in [0.4, 0.5) is 0 Å². The number of hydrogen-bond acceptors (Lipinski definition) is 6. The van der Waals surface area contributed by atoms with Crippen LogP contribution in [0.3, 0.4) is 0 Å². The minimum Gasteiger partial charge on any atom is -0.493 e. The highest BCUT2D eigenvalue weighted by atomic mass is 35.5. The minimum absolute atomic E-state index is 0. The van der Waals surface area contributed by atoms with Crippen LogP contribution in [0.5, 0.6) is 11.5 Å². The molecule has 2 aliphatic rings. The molecule has 2 aliphatic heterocycles. The van der Waals surface area contributed by atoms with Crippen molar-refractivity contribution >= 4 is 18.3 Å². The lowest BCUT2D eigenvalue weighted by atomic mass is 9.90. The molecule has 1 aromatic carbocycles. The minimum atomic E-state index is -0.0254. The number of halogens is 1. The lowest BCUT2D eigenvalue weighted by Gasteiger charge is -2.26. The first-order chi connectivity index (χ1) is 13.0. The van der Waals surface area contributed by atoms with E-state index in [9.17, 15) is 4.79 Å². The third kappa shape index (κ3) is 5.73. The number of amides is 1. The second-order valence-electron chi connectivity index (χ2n) is 7.74. The summed E-state index contributed by atoms with van der Waals surface area (Å²) >= 11 is 0. The van der Waals surface area contributed by atoms with Crippen LogP contribution in [0, 0.1) is 5.41 Å². The van der Waals surface area contributed by atoms with Crippen LogP contribution in [0.1, 0.15) is 18.9 Å². The molecule has 0 radical (unpaired) electrons. The summed E-state index contributed by atoms with van der Waals surface area (Å²) in [5, 5.41) is 0. The van der Waals surface area contributed by atoms with Crippen molar-refractivity contribution in [2.45, 2.75) is 19.9 Å². The van der Waals surface area contributed by atoms with Crippen molar-refractivity contribution in [1.29, 1.82) is 0 Å². The Morgan fingerprint density at radius 3 is 2.64 bits per heavy atom. The fraction of sp³-hybridized carbons (Fsp3) is 0.650. The lowest BCUT2D eigenvalue weighted by molar-refractivity contribution is -0.137. The molecule has 158 valence electrons. The molecule has 28 heavy (non-hydrogen) atoms. The highest BCUT2D eigenvalue weighted by Gasteiger charge is 2.32. The number of benzene rings is 1. The molecular formula is C20H32ClN3O4. The summed E-state index contributed by atoms with van der Waals surface area (Å²) in [5.74, 6) is 1.22. The first-order valence-electron chi connectivity index (χ1n) is 9.61. The van der Waals surface area contributed by atoms with E-state index in [0.717, 1.165) is 32.6 Å². The Morgan fingerprint density at radius 1 is 1.25 bits per heavy atom. The normalized spacial score (nSPS) is 22.6. The molecule has 0 aliphatic carbocycles. The van der Waals surface area contributed by atoms with Crippen molar-refractivity contribution in [2.24, 2.45) is 11.1 Å². The maximum absolute atomic E-state index is 12.2. The van der Waals surface area contributed by atoms with Gasteiger partial charge in [-0.25, -0.2) is 0 Å². The molecule has 2 fully saturated rings. The summed E-state index contributed by atoms with van der Waals surface area (Å²) < 4.78 is 16.5. The molecule has 2 saturated heterocycles. The lowest BCUT2D eigenvalue weighted by Crippen LogP contribution is -2.43. The average molecular weight is 414 g/mol. The number of nitrogens with two attached hydrogens (primary N) is 1. The van der Waals surface area contributed by atoms with Gasteiger partial charge in [0.05, 0.1) is 20.3 Å². The molecule has 2 heterocycles. The fourth-order valence-electron chi connectivity index (χ4n) is 3.66. The molecule has 8 heteroatoms. The number of likely N-dealkylation sites (tertiary alicyclic amines) is 1. The Kier molecular flexibility index (Phi) is 8.37. The second kappa shape index (κ2) is 10.3. The van der Waals surface area contributed by atoms with Crippen molar-refractivity contribution in [2.75, 3.05) is 59.7 Å². The van der Waals surface area contributed by atoms with Gasteiger partial charge < -0.3 is 24.8 Å². The van der Waals surface area contributed by atoms with E-state index in [2.05, 4.69) is 11.8 Å². The van der Waals surface area contributed by atoms with Gasteiger partial charge in [-0.2, -0.15) is 0 Å². The van der Waals surface area contributed by atoms with Gasteiger partial charge >= 0.3 is 0 Å². The van der Waals surface area contributed by atoms with Crippen molar-refractivity contribution in [3.05, 3.63) is 23.8 Å². The van der Waals surface area contributed by atoms with Crippen LogP contribution in [-0.4, -0.2) is 75.4 Å². The quantitative estimate of drug-likeness (QED) is 0.730. The molecule has 0 bridgehead atoms. The number of methoxy groups -OCH3 is 1. The molecular weight excluding hydrogens is 382 g/mol. The smallest absolute Gasteiger partial charge is 0.260 e. The highest BCUT2D eigenvalue weighted by Crippen LogP contribution is 2.32. The van der Waals surface area contributed by atoms with E-state index in [-0.39, 0.29) is 30.3 Å². The van der Waals surface area contributed by atoms with Crippen LogP contribution in [0.2, 0.25) is 0 Å². The second-order valence-corrected chi connectivity index (χ2v) is 7.74. The maximum atomic E-state index is 12.2. The number of hydrogen-bond donors (Lipinski definition) is 1. The maximum Gasteiger partial charge on any atom is 0.260 e. The number of carbonyl (C=O) groups excluding carboxylic acids is 1. The summed E-state index contributed by atoms with van der Waals surface area (Å²) in [6.45, 7) is 8.32. The third-order valence-corrected chi connectivity index (χ3v) is 5.48. The number of nitrogens with zero attached hydrogens (tertiary/aromatic N) is 2. The molecule has 3 rings (SSSR count). The van der Waals surface area contributed by atoms with E-state index in [0.29, 0.717) is 37.8 Å². The van der Waals surface area contributed by atoms with E-state index in [1.54, 1.807) is 12.0 Å². The zero-order chi connectivity index (χ0) is 19.3. The zero-order valence-corrected chi connectivity index (χ0v) is 17.6. The van der Waals surface area contributed by atoms with E-state index >= 15 is 0 Å². The fourth-order valence-corrected chi connectivity index (χ4v) is 3.66. The average Bonchev–Trinajstić information content (AvgIpc) is 3.08. The molecule has 0 saturated carbocycles. The van der Waals surface area contributed by atoms with Crippen LogP contribution in [-0.2, 0) is 16.1 Å². The molecule has 0 spiro atoms. The van der Waals surface area contributed by atoms with E-state index in [4.69, 9.17) is 19.9 Å². The molecule has 1 unspecified atom stereocenters. The Balaban J connectivity index is 0.00000280. The molecule has 1 atom stereocenters. The van der Waals surface area contributed by atoms with Gasteiger partial charge in [0.1, 0.15) is 0 Å². The van der Waals surface area contributed by atoms with Crippen LogP contribution in [0.25, 0.3) is 0 Å². The summed E-state index contributed by atoms with van der Waals surface area (Å²) in [5.41, 5.74) is 7.28. The van der Waals surface area contributed by atoms with Crippen molar-refractivity contribution < 1.29 is 19.0 Å². The number of ether oxygens (including phenoxy) is 3. The molecule has 1 aromatic rings. The SMILES string of the molecule is COc1cc(CN2CCC(C)(CN)C2)ccc1OCC(=O)N1CCOCC1.Cl. The van der Waals surface area contributed by atoms with Gasteiger partial charge in [-0.1, -0.05) is 13.0 Å². The molecule has 7 nitrogen and oxygen atoms in total. The standard InChI is InChI=1S/C20H31N3O4.ClH/c1-20(14-21)5-6-22(15-20)12-16-3-4-17(18(11-16)25-2)27-13-19(24)23-7-9-26-10-8-23;/h3-4,11H,5-10,12-15,21H2,1-2H3;1H. The van der Waals surface area contributed by atoms with Gasteiger partial charge in [-0.05, 0) is 42.6 Å². The number of rotatable bonds is 7. The van der Waals surface area contributed by atoms with E-state index in [1.807, 2.05) is 18.2 Å². The summed E-state index contributed by atoms with van der Waals surface area (Å²) in [4.78, 5) is 16.4. The first kappa shape index (κ1) is 22.7. The molecule has 2 N–H and O–H groups in total. The van der Waals surface area contributed by atoms with E-state index < -0.39 is 0 Å². The predicted octanol–water partition coefficient (Wildman–Crippen LogP) is 1.53. The summed E-state index contributed by atoms with van der Waals surface area (Å²) in [6.07, 6.45) is 1.13. The van der Waals surface area contributed by atoms with Gasteiger partial charge in [0.25, 0.3) is 5.91 Å². The Bertz CT molecular complexity index is 654. The largest absolute Gasteiger partial charge is 0.493 e. The number of morpholine rings is 1.